The molecule has 1 heterocycles. The number of rotatable bonds is 1. The Morgan fingerprint density at radius 3 is 2.45 bits per heavy atom. The Kier molecular flexibility index (Phi) is 4.97. The molecular formula is C20H29NSi. The van der Waals surface area contributed by atoms with Crippen LogP contribution >= 0.6 is 0 Å². The predicted octanol–water partition coefficient (Wildman–Crippen LogP) is 5.68. The van der Waals surface area contributed by atoms with E-state index in [0.29, 0.717) is 5.04 Å². The van der Waals surface area contributed by atoms with Crippen molar-refractivity contribution < 1.29 is 0 Å². The predicted molar refractivity (Wildman–Crippen MR) is 99.3 cm³/mol. The molecule has 0 amide bonds. The molecule has 2 heteroatoms. The topological polar surface area (TPSA) is 12.9 Å². The minimum Gasteiger partial charge on any atom is -0.247 e. The molecular weight excluding hydrogens is 282 g/mol. The average molecular weight is 312 g/mol. The van der Waals surface area contributed by atoms with Gasteiger partial charge in [-0.2, -0.15) is 0 Å². The summed E-state index contributed by atoms with van der Waals surface area (Å²) < 4.78 is 0. The average Bonchev–Trinajstić information content (AvgIpc) is 2.45. The highest BCUT2D eigenvalue weighted by molar-refractivity contribution is 6.87. The van der Waals surface area contributed by atoms with Gasteiger partial charge < -0.3 is 0 Å². The van der Waals surface area contributed by atoms with Crippen LogP contribution < -0.4 is 0 Å². The third-order valence-corrected chi connectivity index (χ3v) is 9.69. The molecule has 1 aliphatic carbocycles. The van der Waals surface area contributed by atoms with Crippen molar-refractivity contribution in [3.8, 4) is 11.5 Å². The Morgan fingerprint density at radius 1 is 1.23 bits per heavy atom. The lowest BCUT2D eigenvalue weighted by Gasteiger charge is -2.31. The van der Waals surface area contributed by atoms with Gasteiger partial charge in [0.05, 0.1) is 0 Å². The normalized spacial score (nSPS) is 19.2. The van der Waals surface area contributed by atoms with Gasteiger partial charge in [0.15, 0.2) is 0 Å². The van der Waals surface area contributed by atoms with E-state index in [9.17, 15) is 0 Å². The first-order valence-corrected chi connectivity index (χ1v) is 11.4. The van der Waals surface area contributed by atoms with Crippen molar-refractivity contribution in [1.82, 2.24) is 4.98 Å². The van der Waals surface area contributed by atoms with Crippen molar-refractivity contribution in [3.63, 3.8) is 0 Å². The zero-order valence-electron chi connectivity index (χ0n) is 15.0. The van der Waals surface area contributed by atoms with Gasteiger partial charge in [-0.25, -0.2) is 4.98 Å². The molecule has 2 rings (SSSR count). The van der Waals surface area contributed by atoms with Gasteiger partial charge in [0.25, 0.3) is 0 Å². The quantitative estimate of drug-likeness (QED) is 0.480. The lowest BCUT2D eigenvalue weighted by molar-refractivity contribution is 0.534. The van der Waals surface area contributed by atoms with E-state index in [1.165, 1.54) is 30.4 Å². The summed E-state index contributed by atoms with van der Waals surface area (Å²) in [6, 6.07) is 4.26. The summed E-state index contributed by atoms with van der Waals surface area (Å²) in [6.07, 6.45) is 8.04. The second-order valence-electron chi connectivity index (χ2n) is 8.17. The van der Waals surface area contributed by atoms with Crippen LogP contribution in [0.4, 0.5) is 0 Å². The van der Waals surface area contributed by atoms with Crippen molar-refractivity contribution in [2.75, 3.05) is 0 Å². The van der Waals surface area contributed by atoms with Crippen LogP contribution in [-0.4, -0.2) is 13.1 Å². The fraction of sp³-hybridized carbons (Fsp3) is 0.550. The maximum absolute atomic E-state index is 4.57. The molecule has 0 radical (unpaired) electrons. The molecule has 0 aliphatic heterocycles. The molecule has 0 bridgehead atoms. The highest BCUT2D eigenvalue weighted by atomic mass is 28.3. The maximum Gasteiger partial charge on any atom is 0.138 e. The SMILES string of the molecule is CC1CC=C(c2ccc(C#C[Si](C)(C)C(C)(C)C)nc2)CC1. The highest BCUT2D eigenvalue weighted by Crippen LogP contribution is 2.35. The summed E-state index contributed by atoms with van der Waals surface area (Å²) in [5.41, 5.74) is 7.15. The fourth-order valence-electron chi connectivity index (χ4n) is 2.29. The zero-order valence-corrected chi connectivity index (χ0v) is 16.0. The van der Waals surface area contributed by atoms with E-state index < -0.39 is 8.07 Å². The molecule has 1 aromatic rings. The molecule has 0 spiro atoms. The molecule has 0 saturated heterocycles. The van der Waals surface area contributed by atoms with Crippen molar-refractivity contribution in [2.24, 2.45) is 5.92 Å². The first-order valence-electron chi connectivity index (χ1n) is 8.38. The van der Waals surface area contributed by atoms with Crippen LogP contribution in [0.25, 0.3) is 5.57 Å². The number of allylic oxidation sites excluding steroid dienone is 2. The largest absolute Gasteiger partial charge is 0.247 e. The Hall–Kier alpha value is -1.33. The van der Waals surface area contributed by atoms with Gasteiger partial charge in [0.2, 0.25) is 0 Å². The van der Waals surface area contributed by atoms with Crippen LogP contribution in [0.3, 0.4) is 0 Å². The van der Waals surface area contributed by atoms with Crippen LogP contribution in [0.2, 0.25) is 18.1 Å². The third kappa shape index (κ3) is 4.11. The molecule has 1 aliphatic rings. The van der Waals surface area contributed by atoms with Crippen LogP contribution in [0.5, 0.6) is 0 Å². The van der Waals surface area contributed by atoms with Gasteiger partial charge in [-0.15, -0.1) is 5.54 Å². The molecule has 118 valence electrons. The highest BCUT2D eigenvalue weighted by Gasteiger charge is 2.33. The van der Waals surface area contributed by atoms with E-state index in [1.807, 2.05) is 6.20 Å². The van der Waals surface area contributed by atoms with Crippen LogP contribution in [0, 0.1) is 17.4 Å². The van der Waals surface area contributed by atoms with E-state index in [4.69, 9.17) is 0 Å². The minimum absolute atomic E-state index is 0.295. The van der Waals surface area contributed by atoms with Crippen molar-refractivity contribution in [1.29, 1.82) is 0 Å². The summed E-state index contributed by atoms with van der Waals surface area (Å²) in [6.45, 7) is 13.9. The van der Waals surface area contributed by atoms with Gasteiger partial charge in [0.1, 0.15) is 13.8 Å². The molecule has 0 fully saturated rings. The molecule has 1 unspecified atom stereocenters. The van der Waals surface area contributed by atoms with Crippen LogP contribution in [-0.2, 0) is 0 Å². The minimum atomic E-state index is -1.55. The van der Waals surface area contributed by atoms with Crippen molar-refractivity contribution >= 4 is 13.6 Å². The molecule has 1 aromatic heterocycles. The summed E-state index contributed by atoms with van der Waals surface area (Å²) in [7, 11) is -1.55. The number of aromatic nitrogens is 1. The standard InChI is InChI=1S/C20H29NSi/c1-16-7-9-17(10-8-16)18-11-12-19(21-15-18)13-14-22(5,6)20(2,3)4/h9,11-12,15-16H,7-8,10H2,1-6H3. The third-order valence-electron chi connectivity index (χ3n) is 5.19. The monoisotopic (exact) mass is 311 g/mol. The van der Waals surface area contributed by atoms with E-state index >= 15 is 0 Å². The fourth-order valence-corrected chi connectivity index (χ4v) is 3.11. The molecule has 0 N–H and O–H groups in total. The van der Waals surface area contributed by atoms with Gasteiger partial charge >= 0.3 is 0 Å². The number of pyridine rings is 1. The molecule has 1 atom stereocenters. The van der Waals surface area contributed by atoms with Gasteiger partial charge in [-0.3, -0.25) is 0 Å². The summed E-state index contributed by atoms with van der Waals surface area (Å²) in [5, 5.41) is 0.295. The Morgan fingerprint density at radius 2 is 1.95 bits per heavy atom. The Balaban J connectivity index is 2.14. The summed E-state index contributed by atoms with van der Waals surface area (Å²) in [5.74, 6) is 4.14. The Bertz CT molecular complexity index is 606. The van der Waals surface area contributed by atoms with E-state index in [-0.39, 0.29) is 0 Å². The van der Waals surface area contributed by atoms with Crippen LogP contribution in [0.15, 0.2) is 24.4 Å². The lowest BCUT2D eigenvalue weighted by Crippen LogP contribution is -2.35. The maximum atomic E-state index is 4.57. The lowest BCUT2D eigenvalue weighted by atomic mass is 9.88. The van der Waals surface area contributed by atoms with E-state index in [2.05, 4.69) is 75.4 Å². The number of hydrogen-bond acceptors (Lipinski definition) is 1. The molecule has 1 nitrogen and oxygen atoms in total. The second-order valence-corrected chi connectivity index (χ2v) is 13.2. The van der Waals surface area contributed by atoms with E-state index in [1.54, 1.807) is 0 Å². The van der Waals surface area contributed by atoms with E-state index in [0.717, 1.165) is 11.6 Å². The molecule has 0 saturated carbocycles. The number of nitrogens with zero attached hydrogens (tertiary/aromatic N) is 1. The van der Waals surface area contributed by atoms with Gasteiger partial charge in [-0.05, 0) is 47.4 Å². The number of hydrogen-bond donors (Lipinski definition) is 0. The van der Waals surface area contributed by atoms with Crippen LogP contribution in [0.1, 0.15) is 58.2 Å². The second kappa shape index (κ2) is 6.42. The summed E-state index contributed by atoms with van der Waals surface area (Å²) in [4.78, 5) is 4.57. The van der Waals surface area contributed by atoms with Gasteiger partial charge in [0, 0.05) is 6.20 Å². The first-order chi connectivity index (χ1) is 10.2. The zero-order chi connectivity index (χ0) is 16.4. The van der Waals surface area contributed by atoms with Crippen molar-refractivity contribution in [2.45, 2.75) is 65.1 Å². The smallest absolute Gasteiger partial charge is 0.138 e. The summed E-state index contributed by atoms with van der Waals surface area (Å²) >= 11 is 0. The molecule has 22 heavy (non-hydrogen) atoms. The van der Waals surface area contributed by atoms with Gasteiger partial charge in [-0.1, -0.05) is 58.9 Å². The van der Waals surface area contributed by atoms with Crippen molar-refractivity contribution in [3.05, 3.63) is 35.7 Å². The Labute approximate surface area is 137 Å². The first kappa shape index (κ1) is 17.0. The molecule has 0 aromatic carbocycles.